The SMILES string of the molecule is Cc1ccc(C)c(NC(=O)c2cc3c(=O)n4ccccc4nc3s2)c1. The average molecular weight is 349 g/mol. The highest BCUT2D eigenvalue weighted by molar-refractivity contribution is 7.20. The van der Waals surface area contributed by atoms with E-state index in [9.17, 15) is 9.59 Å². The summed E-state index contributed by atoms with van der Waals surface area (Å²) >= 11 is 1.23. The van der Waals surface area contributed by atoms with Gasteiger partial charge in [-0.25, -0.2) is 4.98 Å². The lowest BCUT2D eigenvalue weighted by Gasteiger charge is -2.08. The molecule has 1 N–H and O–H groups in total. The van der Waals surface area contributed by atoms with Gasteiger partial charge >= 0.3 is 0 Å². The number of nitrogens with one attached hydrogen (secondary N) is 1. The smallest absolute Gasteiger partial charge is 0.266 e. The maximum Gasteiger partial charge on any atom is 0.266 e. The number of aryl methyl sites for hydroxylation is 2. The van der Waals surface area contributed by atoms with E-state index in [0.29, 0.717) is 20.7 Å². The normalized spacial score (nSPS) is 11.1. The molecule has 0 aliphatic carbocycles. The summed E-state index contributed by atoms with van der Waals surface area (Å²) in [5.74, 6) is -0.231. The lowest BCUT2D eigenvalue weighted by atomic mass is 10.1. The zero-order valence-electron chi connectivity index (χ0n) is 13.7. The maximum absolute atomic E-state index is 12.6. The minimum atomic E-state index is -0.231. The molecule has 3 heterocycles. The monoisotopic (exact) mass is 349 g/mol. The number of thiophene rings is 1. The summed E-state index contributed by atoms with van der Waals surface area (Å²) in [6.07, 6.45) is 1.68. The van der Waals surface area contributed by atoms with E-state index in [1.165, 1.54) is 15.7 Å². The number of aromatic nitrogens is 2. The quantitative estimate of drug-likeness (QED) is 0.599. The van der Waals surface area contributed by atoms with E-state index in [0.717, 1.165) is 16.8 Å². The summed E-state index contributed by atoms with van der Waals surface area (Å²) in [7, 11) is 0. The topological polar surface area (TPSA) is 63.5 Å². The minimum Gasteiger partial charge on any atom is -0.321 e. The molecule has 0 radical (unpaired) electrons. The molecule has 0 fully saturated rings. The molecule has 4 aromatic rings. The van der Waals surface area contributed by atoms with Gasteiger partial charge in [-0.15, -0.1) is 11.3 Å². The third-order valence-electron chi connectivity index (χ3n) is 4.08. The Kier molecular flexibility index (Phi) is 3.62. The second-order valence-electron chi connectivity index (χ2n) is 5.95. The first-order valence-corrected chi connectivity index (χ1v) is 8.64. The number of carbonyl (C=O) groups is 1. The molecule has 0 aliphatic rings. The van der Waals surface area contributed by atoms with Crippen LogP contribution in [0.3, 0.4) is 0 Å². The Bertz CT molecular complexity index is 1190. The maximum atomic E-state index is 12.6. The van der Waals surface area contributed by atoms with Crippen LogP contribution in [0.25, 0.3) is 15.9 Å². The van der Waals surface area contributed by atoms with Crippen molar-refractivity contribution in [2.45, 2.75) is 13.8 Å². The molecule has 0 atom stereocenters. The standard InChI is InChI=1S/C19H15N3O2S/c1-11-6-7-12(2)14(9-11)20-17(23)15-10-13-18(25-15)21-16-5-3-4-8-22(16)19(13)24/h3-10H,1-2H3,(H,20,23). The Hall–Kier alpha value is -2.99. The van der Waals surface area contributed by atoms with Crippen LogP contribution in [0.2, 0.25) is 0 Å². The summed E-state index contributed by atoms with van der Waals surface area (Å²) in [6.45, 7) is 3.92. The minimum absolute atomic E-state index is 0.164. The Balaban J connectivity index is 1.77. The van der Waals surface area contributed by atoms with Crippen LogP contribution >= 0.6 is 11.3 Å². The highest BCUT2D eigenvalue weighted by Gasteiger charge is 2.15. The first kappa shape index (κ1) is 15.5. The van der Waals surface area contributed by atoms with E-state index in [4.69, 9.17) is 0 Å². The molecule has 6 heteroatoms. The lowest BCUT2D eigenvalue weighted by Crippen LogP contribution is -2.14. The first-order valence-electron chi connectivity index (χ1n) is 7.82. The van der Waals surface area contributed by atoms with Gasteiger partial charge in [0.15, 0.2) is 0 Å². The summed E-state index contributed by atoms with van der Waals surface area (Å²) in [5, 5.41) is 3.38. The van der Waals surface area contributed by atoms with Crippen LogP contribution in [-0.4, -0.2) is 15.3 Å². The van der Waals surface area contributed by atoms with Gasteiger partial charge in [0.25, 0.3) is 11.5 Å². The van der Waals surface area contributed by atoms with E-state index >= 15 is 0 Å². The van der Waals surface area contributed by atoms with Gasteiger partial charge in [0, 0.05) is 11.9 Å². The van der Waals surface area contributed by atoms with Crippen molar-refractivity contribution in [3.8, 4) is 0 Å². The molecule has 0 aliphatic heterocycles. The molecule has 0 saturated heterocycles. The molecular formula is C19H15N3O2S. The number of hydrogen-bond acceptors (Lipinski definition) is 4. The third-order valence-corrected chi connectivity index (χ3v) is 5.11. The fraction of sp³-hybridized carbons (Fsp3) is 0.105. The van der Waals surface area contributed by atoms with Gasteiger partial charge in [-0.2, -0.15) is 0 Å². The molecule has 1 aromatic carbocycles. The van der Waals surface area contributed by atoms with Gasteiger partial charge in [0.2, 0.25) is 0 Å². The number of rotatable bonds is 2. The molecule has 0 unspecified atom stereocenters. The van der Waals surface area contributed by atoms with Crippen molar-refractivity contribution < 1.29 is 4.79 Å². The number of carbonyl (C=O) groups excluding carboxylic acids is 1. The molecule has 1 amide bonds. The molecule has 0 spiro atoms. The fourth-order valence-electron chi connectivity index (χ4n) is 2.71. The largest absolute Gasteiger partial charge is 0.321 e. The number of hydrogen-bond donors (Lipinski definition) is 1. The van der Waals surface area contributed by atoms with Crippen molar-refractivity contribution in [1.82, 2.24) is 9.38 Å². The Morgan fingerprint density at radius 2 is 2.00 bits per heavy atom. The lowest BCUT2D eigenvalue weighted by molar-refractivity contribution is 0.103. The molecule has 0 saturated carbocycles. The van der Waals surface area contributed by atoms with Gasteiger partial charge in [-0.3, -0.25) is 14.0 Å². The van der Waals surface area contributed by atoms with Crippen molar-refractivity contribution >= 4 is 38.8 Å². The first-order chi connectivity index (χ1) is 12.0. The third kappa shape index (κ3) is 2.70. The Morgan fingerprint density at radius 3 is 2.84 bits per heavy atom. The summed E-state index contributed by atoms with van der Waals surface area (Å²) in [4.78, 5) is 30.7. The van der Waals surface area contributed by atoms with Crippen LogP contribution in [-0.2, 0) is 0 Å². The summed E-state index contributed by atoms with van der Waals surface area (Å²) in [6, 6.07) is 12.9. The zero-order valence-corrected chi connectivity index (χ0v) is 14.6. The molecule has 25 heavy (non-hydrogen) atoms. The predicted molar refractivity (Wildman–Crippen MR) is 101 cm³/mol. The second-order valence-corrected chi connectivity index (χ2v) is 6.98. The van der Waals surface area contributed by atoms with E-state index in [1.807, 2.05) is 38.1 Å². The van der Waals surface area contributed by atoms with Crippen LogP contribution < -0.4 is 10.9 Å². The van der Waals surface area contributed by atoms with E-state index in [-0.39, 0.29) is 11.5 Å². The van der Waals surface area contributed by atoms with Gasteiger partial charge in [0.05, 0.1) is 10.3 Å². The summed E-state index contributed by atoms with van der Waals surface area (Å²) < 4.78 is 1.49. The zero-order chi connectivity index (χ0) is 17.6. The Morgan fingerprint density at radius 1 is 1.16 bits per heavy atom. The molecule has 5 nitrogen and oxygen atoms in total. The number of pyridine rings is 1. The number of nitrogens with zero attached hydrogens (tertiary/aromatic N) is 2. The van der Waals surface area contributed by atoms with Crippen LogP contribution in [0.1, 0.15) is 20.8 Å². The molecule has 4 rings (SSSR count). The molecule has 124 valence electrons. The fourth-order valence-corrected chi connectivity index (χ4v) is 3.64. The van der Waals surface area contributed by atoms with Gasteiger partial charge in [-0.1, -0.05) is 18.2 Å². The molecule has 3 aromatic heterocycles. The van der Waals surface area contributed by atoms with E-state index < -0.39 is 0 Å². The van der Waals surface area contributed by atoms with Gasteiger partial charge in [-0.05, 0) is 49.2 Å². The van der Waals surface area contributed by atoms with Gasteiger partial charge in [0.1, 0.15) is 10.5 Å². The second kappa shape index (κ2) is 5.82. The average Bonchev–Trinajstić information content (AvgIpc) is 3.03. The summed E-state index contributed by atoms with van der Waals surface area (Å²) in [5.41, 5.74) is 3.25. The highest BCUT2D eigenvalue weighted by atomic mass is 32.1. The van der Waals surface area contributed by atoms with E-state index in [1.54, 1.807) is 24.4 Å². The van der Waals surface area contributed by atoms with Crippen LogP contribution in [0, 0.1) is 13.8 Å². The number of amides is 1. The van der Waals surface area contributed by atoms with Crippen LogP contribution in [0.15, 0.2) is 53.5 Å². The van der Waals surface area contributed by atoms with Crippen molar-refractivity contribution in [2.24, 2.45) is 0 Å². The van der Waals surface area contributed by atoms with Crippen molar-refractivity contribution in [3.63, 3.8) is 0 Å². The van der Waals surface area contributed by atoms with Crippen molar-refractivity contribution in [1.29, 1.82) is 0 Å². The van der Waals surface area contributed by atoms with Crippen molar-refractivity contribution in [2.75, 3.05) is 5.32 Å². The van der Waals surface area contributed by atoms with E-state index in [2.05, 4.69) is 10.3 Å². The molecule has 0 bridgehead atoms. The van der Waals surface area contributed by atoms with Gasteiger partial charge < -0.3 is 5.32 Å². The highest BCUT2D eigenvalue weighted by Crippen LogP contribution is 2.24. The molecular weight excluding hydrogens is 334 g/mol. The number of fused-ring (bicyclic) bond motifs is 2. The Labute approximate surface area is 147 Å². The number of benzene rings is 1. The van der Waals surface area contributed by atoms with Crippen LogP contribution in [0.4, 0.5) is 5.69 Å². The predicted octanol–water partition coefficient (Wildman–Crippen LogP) is 3.78. The number of anilines is 1. The van der Waals surface area contributed by atoms with Crippen molar-refractivity contribution in [3.05, 3.63) is 75.0 Å². The van der Waals surface area contributed by atoms with Crippen LogP contribution in [0.5, 0.6) is 0 Å².